The van der Waals surface area contributed by atoms with E-state index in [4.69, 9.17) is 0 Å². The number of nitrogens with zero attached hydrogens (tertiary/aromatic N) is 2. The summed E-state index contributed by atoms with van der Waals surface area (Å²) < 4.78 is 12.3. The summed E-state index contributed by atoms with van der Waals surface area (Å²) in [7, 11) is 0. The number of rotatable bonds is 4. The lowest BCUT2D eigenvalue weighted by atomic mass is 10.1. The fraction of sp³-hybridized carbons (Fsp3) is 0.833. The first-order valence-electron chi connectivity index (χ1n) is 6.66. The van der Waals surface area contributed by atoms with Gasteiger partial charge in [-0.1, -0.05) is 0 Å². The van der Waals surface area contributed by atoms with Crippen molar-refractivity contribution in [3.8, 4) is 0 Å². The number of nitrogens with one attached hydrogen (secondary N) is 1. The van der Waals surface area contributed by atoms with Gasteiger partial charge in [0.2, 0.25) is 11.8 Å². The molecule has 0 saturated carbocycles. The van der Waals surface area contributed by atoms with Crippen LogP contribution < -0.4 is 5.32 Å². The number of piperazine rings is 1. The Bertz CT molecular complexity index is 357. The van der Waals surface area contributed by atoms with Crippen LogP contribution in [0.2, 0.25) is 0 Å². The summed E-state index contributed by atoms with van der Waals surface area (Å²) in [5, 5.41) is 12.4. The monoisotopic (exact) mass is 309 g/mol. The third kappa shape index (κ3) is 4.04. The minimum absolute atomic E-state index is 0. The van der Waals surface area contributed by atoms with E-state index in [0.717, 1.165) is 0 Å². The van der Waals surface area contributed by atoms with Gasteiger partial charge in [0.1, 0.15) is 6.67 Å². The second-order valence-electron chi connectivity index (χ2n) is 5.01. The minimum atomic E-state index is -0.565. The van der Waals surface area contributed by atoms with Crippen molar-refractivity contribution in [1.82, 2.24) is 15.1 Å². The van der Waals surface area contributed by atoms with Gasteiger partial charge in [-0.2, -0.15) is 0 Å². The van der Waals surface area contributed by atoms with Crippen molar-refractivity contribution < 1.29 is 19.1 Å². The Morgan fingerprint density at radius 1 is 1.45 bits per heavy atom. The Hall–Kier alpha value is -0.920. The molecule has 0 aromatic carbocycles. The van der Waals surface area contributed by atoms with Crippen LogP contribution in [0.15, 0.2) is 0 Å². The highest BCUT2D eigenvalue weighted by Gasteiger charge is 2.32. The van der Waals surface area contributed by atoms with Gasteiger partial charge in [0.15, 0.2) is 0 Å². The number of amides is 2. The molecule has 2 amide bonds. The van der Waals surface area contributed by atoms with Crippen LogP contribution in [0.1, 0.15) is 12.8 Å². The first-order valence-corrected chi connectivity index (χ1v) is 6.66. The maximum atomic E-state index is 12.3. The number of carbonyl (C=O) groups is 2. The molecular weight excluding hydrogens is 289 g/mol. The van der Waals surface area contributed by atoms with E-state index in [2.05, 4.69) is 5.32 Å². The Morgan fingerprint density at radius 2 is 2.20 bits per heavy atom. The molecule has 2 atom stereocenters. The topological polar surface area (TPSA) is 72.9 Å². The number of halogens is 2. The van der Waals surface area contributed by atoms with Crippen LogP contribution in [0.25, 0.3) is 0 Å². The lowest BCUT2D eigenvalue weighted by molar-refractivity contribution is -0.140. The SMILES string of the molecule is Cl.O=C(CC1NCCN(CCF)C1=O)N1CCC(O)C1. The van der Waals surface area contributed by atoms with Gasteiger partial charge in [-0.15, -0.1) is 12.4 Å². The number of β-amino-alcohol motifs (C(OH)–C–C–N with tert-alkyl or cyclic N) is 1. The molecule has 6 nitrogen and oxygen atoms in total. The van der Waals surface area contributed by atoms with Crippen molar-refractivity contribution in [3.05, 3.63) is 0 Å². The molecule has 0 aliphatic carbocycles. The van der Waals surface area contributed by atoms with Gasteiger partial charge >= 0.3 is 0 Å². The van der Waals surface area contributed by atoms with Gasteiger partial charge < -0.3 is 20.2 Å². The smallest absolute Gasteiger partial charge is 0.240 e. The molecule has 116 valence electrons. The number of carbonyl (C=O) groups excluding carboxylic acids is 2. The Labute approximate surface area is 123 Å². The summed E-state index contributed by atoms with van der Waals surface area (Å²) in [6.45, 7) is 1.46. The van der Waals surface area contributed by atoms with Gasteiger partial charge in [0, 0.05) is 32.7 Å². The standard InChI is InChI=1S/C12H20FN3O3.ClH/c13-2-5-15-6-3-14-10(12(15)19)7-11(18)16-4-1-9(17)8-16;/h9-10,14,17H,1-8H2;1H. The molecule has 0 bridgehead atoms. The summed E-state index contributed by atoms with van der Waals surface area (Å²) in [6.07, 6.45) is 0.210. The Kier molecular flexibility index (Phi) is 6.64. The molecule has 0 aromatic heterocycles. The minimum Gasteiger partial charge on any atom is -0.391 e. The molecule has 2 fully saturated rings. The van der Waals surface area contributed by atoms with E-state index in [9.17, 15) is 19.1 Å². The molecule has 2 heterocycles. The van der Waals surface area contributed by atoms with E-state index in [1.165, 1.54) is 4.90 Å². The van der Waals surface area contributed by atoms with E-state index in [1.54, 1.807) is 4.90 Å². The van der Waals surface area contributed by atoms with Crippen LogP contribution >= 0.6 is 12.4 Å². The molecule has 2 rings (SSSR count). The molecule has 2 N–H and O–H groups in total. The maximum absolute atomic E-state index is 12.3. The first kappa shape index (κ1) is 17.1. The summed E-state index contributed by atoms with van der Waals surface area (Å²) in [6, 6.07) is -0.564. The van der Waals surface area contributed by atoms with Crippen LogP contribution in [0.3, 0.4) is 0 Å². The largest absolute Gasteiger partial charge is 0.391 e. The summed E-state index contributed by atoms with van der Waals surface area (Å²) >= 11 is 0. The number of likely N-dealkylation sites (tertiary alicyclic amines) is 1. The molecule has 0 spiro atoms. The van der Waals surface area contributed by atoms with Gasteiger partial charge in [-0.05, 0) is 6.42 Å². The fourth-order valence-corrected chi connectivity index (χ4v) is 2.55. The van der Waals surface area contributed by atoms with Crippen LogP contribution in [-0.2, 0) is 9.59 Å². The molecule has 0 radical (unpaired) electrons. The molecule has 2 unspecified atom stereocenters. The first-order chi connectivity index (χ1) is 9.11. The predicted octanol–water partition coefficient (Wildman–Crippen LogP) is -0.839. The van der Waals surface area contributed by atoms with Crippen molar-refractivity contribution in [2.75, 3.05) is 39.4 Å². The third-order valence-corrected chi connectivity index (χ3v) is 3.63. The molecule has 20 heavy (non-hydrogen) atoms. The van der Waals surface area contributed by atoms with Gasteiger partial charge in [0.05, 0.1) is 18.6 Å². The Balaban J connectivity index is 0.00000200. The maximum Gasteiger partial charge on any atom is 0.240 e. The van der Waals surface area contributed by atoms with E-state index >= 15 is 0 Å². The van der Waals surface area contributed by atoms with Gasteiger partial charge in [-0.25, -0.2) is 4.39 Å². The second-order valence-corrected chi connectivity index (χ2v) is 5.01. The predicted molar refractivity (Wildman–Crippen MR) is 73.4 cm³/mol. The lowest BCUT2D eigenvalue weighted by Gasteiger charge is -2.33. The fourth-order valence-electron chi connectivity index (χ4n) is 2.55. The number of aliphatic hydroxyl groups is 1. The van der Waals surface area contributed by atoms with E-state index in [-0.39, 0.29) is 37.2 Å². The third-order valence-electron chi connectivity index (χ3n) is 3.63. The van der Waals surface area contributed by atoms with Crippen LogP contribution in [0.4, 0.5) is 4.39 Å². The zero-order valence-corrected chi connectivity index (χ0v) is 12.1. The van der Waals surface area contributed by atoms with E-state index in [1.807, 2.05) is 0 Å². The number of alkyl halides is 1. The summed E-state index contributed by atoms with van der Waals surface area (Å²) in [5.41, 5.74) is 0. The highest BCUT2D eigenvalue weighted by molar-refractivity contribution is 5.89. The van der Waals surface area contributed by atoms with Crippen molar-refractivity contribution in [2.24, 2.45) is 0 Å². The molecule has 2 aliphatic rings. The van der Waals surface area contributed by atoms with Crippen molar-refractivity contribution >= 4 is 24.2 Å². The summed E-state index contributed by atoms with van der Waals surface area (Å²) in [5.74, 6) is -0.346. The number of hydrogen-bond donors (Lipinski definition) is 2. The summed E-state index contributed by atoms with van der Waals surface area (Å²) in [4.78, 5) is 27.0. The zero-order valence-electron chi connectivity index (χ0n) is 11.3. The molecule has 0 aromatic rings. The average Bonchev–Trinajstić information content (AvgIpc) is 2.81. The highest BCUT2D eigenvalue weighted by Crippen LogP contribution is 2.13. The lowest BCUT2D eigenvalue weighted by Crippen LogP contribution is -2.56. The Morgan fingerprint density at radius 3 is 2.80 bits per heavy atom. The van der Waals surface area contributed by atoms with Crippen LogP contribution in [0.5, 0.6) is 0 Å². The normalized spacial score (nSPS) is 26.6. The van der Waals surface area contributed by atoms with Crippen molar-refractivity contribution in [1.29, 1.82) is 0 Å². The van der Waals surface area contributed by atoms with Crippen molar-refractivity contribution in [2.45, 2.75) is 25.0 Å². The number of aliphatic hydroxyl groups excluding tert-OH is 1. The van der Waals surface area contributed by atoms with E-state index in [0.29, 0.717) is 32.6 Å². The average molecular weight is 310 g/mol. The molecule has 2 saturated heterocycles. The van der Waals surface area contributed by atoms with E-state index < -0.39 is 18.8 Å². The molecular formula is C12H21ClFN3O3. The van der Waals surface area contributed by atoms with Crippen LogP contribution in [-0.4, -0.2) is 78.3 Å². The number of hydrogen-bond acceptors (Lipinski definition) is 4. The molecule has 2 aliphatic heterocycles. The van der Waals surface area contributed by atoms with Crippen molar-refractivity contribution in [3.63, 3.8) is 0 Å². The van der Waals surface area contributed by atoms with Gasteiger partial charge in [0.25, 0.3) is 0 Å². The molecule has 8 heteroatoms. The zero-order chi connectivity index (χ0) is 13.8. The van der Waals surface area contributed by atoms with Crippen LogP contribution in [0, 0.1) is 0 Å². The quantitative estimate of drug-likeness (QED) is 0.710. The van der Waals surface area contributed by atoms with Gasteiger partial charge in [-0.3, -0.25) is 9.59 Å². The second kappa shape index (κ2) is 7.75. The highest BCUT2D eigenvalue weighted by atomic mass is 35.5.